The molecule has 25 heavy (non-hydrogen) atoms. The van der Waals surface area contributed by atoms with Crippen molar-refractivity contribution in [3.8, 4) is 22.4 Å². The number of benzene rings is 2. The van der Waals surface area contributed by atoms with E-state index in [4.69, 9.17) is 0 Å². The van der Waals surface area contributed by atoms with Crippen LogP contribution in [0.25, 0.3) is 22.4 Å². The van der Waals surface area contributed by atoms with Gasteiger partial charge in [0.25, 0.3) is 0 Å². The quantitative estimate of drug-likeness (QED) is 0.526. The summed E-state index contributed by atoms with van der Waals surface area (Å²) in [6.45, 7) is 11.3. The predicted octanol–water partition coefficient (Wildman–Crippen LogP) is 5.41. The van der Waals surface area contributed by atoms with E-state index in [-0.39, 0.29) is 5.41 Å². The molecule has 0 atom stereocenters. The van der Waals surface area contributed by atoms with Crippen LogP contribution in [0, 0.1) is 20.8 Å². The second-order valence-corrected chi connectivity index (χ2v) is 8.04. The molecule has 1 aliphatic rings. The Labute approximate surface area is 151 Å². The molecular weight excluding hydrogens is 302 g/mol. The maximum Gasteiger partial charge on any atom is 0.212 e. The molecule has 1 heteroatoms. The molecule has 2 aromatic carbocycles. The van der Waals surface area contributed by atoms with Crippen molar-refractivity contribution in [2.24, 2.45) is 7.05 Å². The summed E-state index contributed by atoms with van der Waals surface area (Å²) >= 11 is 0. The molecule has 0 saturated heterocycles. The number of hydrogen-bond donors (Lipinski definition) is 0. The van der Waals surface area contributed by atoms with Crippen molar-refractivity contribution >= 4 is 0 Å². The molecule has 1 nitrogen and oxygen atoms in total. The zero-order valence-electron chi connectivity index (χ0n) is 16.1. The Hall–Kier alpha value is -2.41. The van der Waals surface area contributed by atoms with E-state index in [2.05, 4.69) is 94.9 Å². The highest BCUT2D eigenvalue weighted by Gasteiger charge is 2.37. The van der Waals surface area contributed by atoms with E-state index in [1.54, 1.807) is 0 Å². The Morgan fingerprint density at radius 2 is 1.56 bits per heavy atom. The van der Waals surface area contributed by atoms with Gasteiger partial charge in [0.15, 0.2) is 6.20 Å². The maximum absolute atomic E-state index is 2.43. The molecule has 0 amide bonds. The zero-order chi connectivity index (χ0) is 17.9. The highest BCUT2D eigenvalue weighted by molar-refractivity contribution is 5.86. The fraction of sp³-hybridized carbons (Fsp3) is 0.292. The van der Waals surface area contributed by atoms with Crippen LogP contribution in [0.5, 0.6) is 0 Å². The molecule has 0 bridgehead atoms. The Bertz CT molecular complexity index is 1010. The van der Waals surface area contributed by atoms with Crippen LogP contribution in [-0.4, -0.2) is 0 Å². The van der Waals surface area contributed by atoms with E-state index in [0.717, 1.165) is 0 Å². The standard InChI is InChI=1S/C24H26N/c1-15-10-11-22(25(6)14-15)18-13-21-19(12-17(18)3)23-16(2)8-7-9-20(23)24(21,4)5/h7-14H,1-6H3/q+1. The Morgan fingerprint density at radius 1 is 0.800 bits per heavy atom. The summed E-state index contributed by atoms with van der Waals surface area (Å²) in [5.41, 5.74) is 12.4. The summed E-state index contributed by atoms with van der Waals surface area (Å²) in [6.07, 6.45) is 2.20. The minimum absolute atomic E-state index is 0.0441. The lowest BCUT2D eigenvalue weighted by Crippen LogP contribution is -2.31. The molecule has 4 rings (SSSR count). The molecule has 0 radical (unpaired) electrons. The zero-order valence-corrected chi connectivity index (χ0v) is 16.1. The summed E-state index contributed by atoms with van der Waals surface area (Å²) in [5, 5.41) is 0. The van der Waals surface area contributed by atoms with E-state index in [0.29, 0.717) is 0 Å². The average Bonchev–Trinajstić information content (AvgIpc) is 2.76. The van der Waals surface area contributed by atoms with Crippen LogP contribution in [-0.2, 0) is 12.5 Å². The minimum Gasteiger partial charge on any atom is -0.201 e. The third kappa shape index (κ3) is 2.26. The first kappa shape index (κ1) is 16.1. The first-order valence-electron chi connectivity index (χ1n) is 9.03. The van der Waals surface area contributed by atoms with Crippen molar-refractivity contribution < 1.29 is 4.57 Å². The lowest BCUT2D eigenvalue weighted by molar-refractivity contribution is -0.660. The highest BCUT2D eigenvalue weighted by atomic mass is 14.9. The molecule has 3 aromatic rings. The average molecular weight is 328 g/mol. The normalized spacial score (nSPS) is 14.3. The first-order valence-corrected chi connectivity index (χ1v) is 9.03. The SMILES string of the molecule is Cc1ccc(-c2cc3c(cc2C)-c2c(C)cccc2C3(C)C)[n+](C)c1. The van der Waals surface area contributed by atoms with Gasteiger partial charge in [-0.2, -0.15) is 0 Å². The van der Waals surface area contributed by atoms with Crippen molar-refractivity contribution in [1.29, 1.82) is 0 Å². The van der Waals surface area contributed by atoms with Gasteiger partial charge >= 0.3 is 0 Å². The number of aryl methyl sites for hydroxylation is 4. The van der Waals surface area contributed by atoms with Gasteiger partial charge in [0.1, 0.15) is 7.05 Å². The summed E-state index contributed by atoms with van der Waals surface area (Å²) in [6, 6.07) is 16.0. The molecule has 0 unspecified atom stereocenters. The highest BCUT2D eigenvalue weighted by Crippen LogP contribution is 2.51. The van der Waals surface area contributed by atoms with Gasteiger partial charge in [-0.1, -0.05) is 38.1 Å². The maximum atomic E-state index is 2.43. The van der Waals surface area contributed by atoms with Gasteiger partial charge in [0.2, 0.25) is 5.69 Å². The molecule has 0 fully saturated rings. The minimum atomic E-state index is 0.0441. The van der Waals surface area contributed by atoms with Crippen LogP contribution >= 0.6 is 0 Å². The predicted molar refractivity (Wildman–Crippen MR) is 105 cm³/mol. The summed E-state index contributed by atoms with van der Waals surface area (Å²) in [4.78, 5) is 0. The second kappa shape index (κ2) is 5.29. The lowest BCUT2D eigenvalue weighted by Gasteiger charge is -2.22. The van der Waals surface area contributed by atoms with Gasteiger partial charge in [-0.3, -0.25) is 0 Å². The first-order chi connectivity index (χ1) is 11.8. The Balaban J connectivity index is 2.01. The number of pyridine rings is 1. The number of nitrogens with zero attached hydrogens (tertiary/aromatic N) is 1. The Kier molecular flexibility index (Phi) is 3.40. The van der Waals surface area contributed by atoms with Crippen LogP contribution in [0.2, 0.25) is 0 Å². The van der Waals surface area contributed by atoms with Gasteiger partial charge in [0, 0.05) is 22.6 Å². The fourth-order valence-electron chi connectivity index (χ4n) is 4.42. The van der Waals surface area contributed by atoms with Crippen molar-refractivity contribution in [1.82, 2.24) is 0 Å². The van der Waals surface area contributed by atoms with Crippen LogP contribution in [0.15, 0.2) is 48.7 Å². The third-order valence-electron chi connectivity index (χ3n) is 5.81. The summed E-state index contributed by atoms with van der Waals surface area (Å²) < 4.78 is 2.24. The van der Waals surface area contributed by atoms with E-state index in [1.807, 2.05) is 0 Å². The van der Waals surface area contributed by atoms with Crippen LogP contribution in [0.4, 0.5) is 0 Å². The van der Waals surface area contributed by atoms with Gasteiger partial charge in [-0.15, -0.1) is 0 Å². The smallest absolute Gasteiger partial charge is 0.201 e. The van der Waals surface area contributed by atoms with Gasteiger partial charge in [-0.25, -0.2) is 4.57 Å². The summed E-state index contributed by atoms with van der Waals surface area (Å²) in [5.74, 6) is 0. The third-order valence-corrected chi connectivity index (χ3v) is 5.81. The molecule has 0 spiro atoms. The van der Waals surface area contributed by atoms with Gasteiger partial charge < -0.3 is 0 Å². The van der Waals surface area contributed by atoms with Crippen molar-refractivity contribution in [2.75, 3.05) is 0 Å². The van der Waals surface area contributed by atoms with E-state index in [1.165, 1.54) is 50.2 Å². The molecule has 0 N–H and O–H groups in total. The van der Waals surface area contributed by atoms with Crippen LogP contribution < -0.4 is 4.57 Å². The van der Waals surface area contributed by atoms with Crippen molar-refractivity contribution in [3.05, 3.63) is 76.5 Å². The Morgan fingerprint density at radius 3 is 2.28 bits per heavy atom. The molecule has 1 aliphatic carbocycles. The molecular formula is C24H26N+. The summed E-state index contributed by atoms with van der Waals surface area (Å²) in [7, 11) is 2.14. The second-order valence-electron chi connectivity index (χ2n) is 8.04. The van der Waals surface area contributed by atoms with E-state index >= 15 is 0 Å². The molecule has 0 saturated carbocycles. The monoisotopic (exact) mass is 328 g/mol. The van der Waals surface area contributed by atoms with E-state index < -0.39 is 0 Å². The number of aromatic nitrogens is 1. The van der Waals surface area contributed by atoms with Crippen LogP contribution in [0.3, 0.4) is 0 Å². The molecule has 1 heterocycles. The van der Waals surface area contributed by atoms with Crippen molar-refractivity contribution in [2.45, 2.75) is 40.0 Å². The number of fused-ring (bicyclic) bond motifs is 3. The van der Waals surface area contributed by atoms with E-state index in [9.17, 15) is 0 Å². The molecule has 0 aliphatic heterocycles. The fourth-order valence-corrected chi connectivity index (χ4v) is 4.42. The molecule has 126 valence electrons. The topological polar surface area (TPSA) is 3.88 Å². The van der Waals surface area contributed by atoms with Gasteiger partial charge in [-0.05, 0) is 66.3 Å². The lowest BCUT2D eigenvalue weighted by atomic mass is 9.81. The largest absolute Gasteiger partial charge is 0.212 e. The van der Waals surface area contributed by atoms with Gasteiger partial charge in [0.05, 0.1) is 0 Å². The molecule has 1 aromatic heterocycles. The number of hydrogen-bond acceptors (Lipinski definition) is 0. The number of rotatable bonds is 1. The van der Waals surface area contributed by atoms with Crippen molar-refractivity contribution in [3.63, 3.8) is 0 Å². The van der Waals surface area contributed by atoms with Crippen LogP contribution in [0.1, 0.15) is 41.7 Å².